The Bertz CT molecular complexity index is 616. The number of halogens is 1. The summed E-state index contributed by atoms with van der Waals surface area (Å²) < 4.78 is 11.1. The highest BCUT2D eigenvalue weighted by Gasteiger charge is 2.32. The highest BCUT2D eigenvalue weighted by Crippen LogP contribution is 2.24. The molecule has 1 amide bonds. The Hall–Kier alpha value is -1.79. The van der Waals surface area contributed by atoms with Gasteiger partial charge in [0.25, 0.3) is 5.91 Å². The second-order valence-corrected chi connectivity index (χ2v) is 7.32. The van der Waals surface area contributed by atoms with Crippen molar-refractivity contribution in [2.75, 3.05) is 19.8 Å². The van der Waals surface area contributed by atoms with Crippen molar-refractivity contribution in [3.8, 4) is 5.75 Å². The topological polar surface area (TPSA) is 84.9 Å². The fourth-order valence-corrected chi connectivity index (χ4v) is 3.24. The van der Waals surface area contributed by atoms with Crippen molar-refractivity contribution in [2.45, 2.75) is 32.8 Å². The number of benzene rings is 1. The van der Waals surface area contributed by atoms with Crippen LogP contribution in [0.15, 0.2) is 24.3 Å². The lowest BCUT2D eigenvalue weighted by Gasteiger charge is -2.28. The Morgan fingerprint density at radius 1 is 1.35 bits per heavy atom. The van der Waals surface area contributed by atoms with Crippen LogP contribution in [0.2, 0.25) is 5.02 Å². The number of ether oxygens (including phenoxy) is 2. The number of carboxylic acids is 1. The van der Waals surface area contributed by atoms with Crippen molar-refractivity contribution in [1.82, 2.24) is 5.32 Å². The van der Waals surface area contributed by atoms with Crippen molar-refractivity contribution >= 4 is 23.5 Å². The van der Waals surface area contributed by atoms with Crippen LogP contribution in [0.5, 0.6) is 5.75 Å². The third-order valence-corrected chi connectivity index (χ3v) is 4.81. The SMILES string of the molecule is CC(C)C(Oc1cccc(Cl)c1)C(=O)NCC(C(=O)O)C1CCOCC1. The molecule has 26 heavy (non-hydrogen) atoms. The molecule has 7 heteroatoms. The molecule has 1 saturated heterocycles. The lowest BCUT2D eigenvalue weighted by atomic mass is 9.86. The maximum atomic E-state index is 12.6. The van der Waals surface area contributed by atoms with Gasteiger partial charge in [-0.3, -0.25) is 9.59 Å². The summed E-state index contributed by atoms with van der Waals surface area (Å²) in [6, 6.07) is 6.85. The minimum absolute atomic E-state index is 0.00731. The maximum Gasteiger partial charge on any atom is 0.308 e. The molecule has 1 aromatic rings. The first-order chi connectivity index (χ1) is 12.4. The molecule has 2 N–H and O–H groups in total. The van der Waals surface area contributed by atoms with E-state index >= 15 is 0 Å². The Morgan fingerprint density at radius 3 is 2.62 bits per heavy atom. The molecule has 6 nitrogen and oxygen atoms in total. The van der Waals surface area contributed by atoms with Gasteiger partial charge in [-0.1, -0.05) is 31.5 Å². The summed E-state index contributed by atoms with van der Waals surface area (Å²) in [7, 11) is 0. The highest BCUT2D eigenvalue weighted by atomic mass is 35.5. The molecule has 1 aromatic carbocycles. The van der Waals surface area contributed by atoms with Gasteiger partial charge in [-0.25, -0.2) is 0 Å². The molecule has 0 radical (unpaired) electrons. The van der Waals surface area contributed by atoms with Crippen LogP contribution >= 0.6 is 11.6 Å². The van der Waals surface area contributed by atoms with E-state index in [1.807, 2.05) is 13.8 Å². The maximum absolute atomic E-state index is 12.6. The van der Waals surface area contributed by atoms with Crippen molar-refractivity contribution in [2.24, 2.45) is 17.8 Å². The van der Waals surface area contributed by atoms with Gasteiger partial charge in [0, 0.05) is 24.8 Å². The van der Waals surface area contributed by atoms with E-state index in [1.165, 1.54) is 0 Å². The predicted octanol–water partition coefficient (Wildman–Crippen LogP) is 2.99. The molecule has 1 aliphatic heterocycles. The van der Waals surface area contributed by atoms with E-state index in [0.29, 0.717) is 36.8 Å². The molecule has 0 bridgehead atoms. The number of aliphatic carboxylic acids is 1. The van der Waals surface area contributed by atoms with Crippen LogP contribution in [0.4, 0.5) is 0 Å². The zero-order valence-electron chi connectivity index (χ0n) is 15.1. The van der Waals surface area contributed by atoms with Crippen molar-refractivity contribution in [3.05, 3.63) is 29.3 Å². The zero-order valence-corrected chi connectivity index (χ0v) is 15.9. The number of nitrogens with one attached hydrogen (secondary N) is 1. The van der Waals surface area contributed by atoms with Crippen LogP contribution in [-0.4, -0.2) is 42.8 Å². The summed E-state index contributed by atoms with van der Waals surface area (Å²) in [5.41, 5.74) is 0. The first kappa shape index (κ1) is 20.5. The zero-order chi connectivity index (χ0) is 19.1. The van der Waals surface area contributed by atoms with Gasteiger partial charge in [0.05, 0.1) is 5.92 Å². The number of carboxylic acid groups (broad SMARTS) is 1. The number of hydrogen-bond acceptors (Lipinski definition) is 4. The second kappa shape index (κ2) is 9.78. The Labute approximate surface area is 158 Å². The molecule has 0 aromatic heterocycles. The van der Waals surface area contributed by atoms with Crippen LogP contribution in [0.25, 0.3) is 0 Å². The van der Waals surface area contributed by atoms with E-state index in [4.69, 9.17) is 21.1 Å². The van der Waals surface area contributed by atoms with Crippen LogP contribution in [0.1, 0.15) is 26.7 Å². The van der Waals surface area contributed by atoms with Crippen molar-refractivity contribution < 1.29 is 24.2 Å². The average molecular weight is 384 g/mol. The van der Waals surface area contributed by atoms with Crippen molar-refractivity contribution in [3.63, 3.8) is 0 Å². The first-order valence-corrected chi connectivity index (χ1v) is 9.26. The molecular formula is C19H26ClNO5. The van der Waals surface area contributed by atoms with E-state index in [9.17, 15) is 14.7 Å². The summed E-state index contributed by atoms with van der Waals surface area (Å²) in [6.07, 6.45) is 0.663. The minimum Gasteiger partial charge on any atom is -0.481 e. The van der Waals surface area contributed by atoms with Crippen LogP contribution < -0.4 is 10.1 Å². The lowest BCUT2D eigenvalue weighted by molar-refractivity contribution is -0.145. The van der Waals surface area contributed by atoms with E-state index in [-0.39, 0.29) is 24.3 Å². The smallest absolute Gasteiger partial charge is 0.308 e. The number of hydrogen-bond donors (Lipinski definition) is 2. The second-order valence-electron chi connectivity index (χ2n) is 6.88. The van der Waals surface area contributed by atoms with Gasteiger partial charge in [-0.05, 0) is 42.9 Å². The summed E-state index contributed by atoms with van der Waals surface area (Å²) in [6.45, 7) is 4.97. The van der Waals surface area contributed by atoms with Gasteiger partial charge in [-0.15, -0.1) is 0 Å². The quantitative estimate of drug-likeness (QED) is 0.720. The molecule has 1 fully saturated rings. The highest BCUT2D eigenvalue weighted by molar-refractivity contribution is 6.30. The van der Waals surface area contributed by atoms with Gasteiger partial charge in [0.2, 0.25) is 0 Å². The fourth-order valence-electron chi connectivity index (χ4n) is 3.06. The monoisotopic (exact) mass is 383 g/mol. The summed E-state index contributed by atoms with van der Waals surface area (Å²) in [4.78, 5) is 24.2. The Kier molecular flexibility index (Phi) is 7.72. The molecule has 2 unspecified atom stereocenters. The molecule has 0 saturated carbocycles. The molecule has 0 spiro atoms. The summed E-state index contributed by atoms with van der Waals surface area (Å²) >= 11 is 5.95. The van der Waals surface area contributed by atoms with Crippen molar-refractivity contribution in [1.29, 1.82) is 0 Å². The predicted molar refractivity (Wildman–Crippen MR) is 98.4 cm³/mol. The van der Waals surface area contributed by atoms with Crippen LogP contribution in [-0.2, 0) is 14.3 Å². The van der Waals surface area contributed by atoms with Gasteiger partial charge < -0.3 is 19.9 Å². The normalized spacial score (nSPS) is 17.5. The molecular weight excluding hydrogens is 358 g/mol. The molecule has 2 atom stereocenters. The van der Waals surface area contributed by atoms with Gasteiger partial charge in [-0.2, -0.15) is 0 Å². The van der Waals surface area contributed by atoms with E-state index < -0.39 is 18.0 Å². The molecule has 1 aliphatic rings. The molecule has 1 heterocycles. The fraction of sp³-hybridized carbons (Fsp3) is 0.579. The van der Waals surface area contributed by atoms with Crippen LogP contribution in [0.3, 0.4) is 0 Å². The number of rotatable bonds is 8. The van der Waals surface area contributed by atoms with Gasteiger partial charge in [0.1, 0.15) is 5.75 Å². The van der Waals surface area contributed by atoms with E-state index in [0.717, 1.165) is 0 Å². The van der Waals surface area contributed by atoms with Gasteiger partial charge in [0.15, 0.2) is 6.10 Å². The molecule has 0 aliphatic carbocycles. The number of carbonyl (C=O) groups is 2. The lowest BCUT2D eigenvalue weighted by Crippen LogP contribution is -2.46. The Balaban J connectivity index is 1.98. The van der Waals surface area contributed by atoms with Crippen LogP contribution in [0, 0.1) is 17.8 Å². The van der Waals surface area contributed by atoms with E-state index in [1.54, 1.807) is 24.3 Å². The first-order valence-electron chi connectivity index (χ1n) is 8.89. The molecule has 144 valence electrons. The summed E-state index contributed by atoms with van der Waals surface area (Å²) in [5, 5.41) is 12.8. The summed E-state index contributed by atoms with van der Waals surface area (Å²) in [5.74, 6) is -1.41. The largest absolute Gasteiger partial charge is 0.481 e. The average Bonchev–Trinajstić information content (AvgIpc) is 2.60. The Morgan fingerprint density at radius 2 is 2.04 bits per heavy atom. The number of carbonyl (C=O) groups excluding carboxylic acids is 1. The standard InChI is InChI=1S/C19H26ClNO5/c1-12(2)17(26-15-5-3-4-14(20)10-15)18(22)21-11-16(19(23)24)13-6-8-25-9-7-13/h3-5,10,12-13,16-17H,6-9,11H2,1-2H3,(H,21,22)(H,23,24). The van der Waals surface area contributed by atoms with Gasteiger partial charge >= 0.3 is 5.97 Å². The van der Waals surface area contributed by atoms with E-state index in [2.05, 4.69) is 5.32 Å². The third kappa shape index (κ3) is 5.88. The minimum atomic E-state index is -0.894. The molecule has 2 rings (SSSR count). The number of amides is 1. The third-order valence-electron chi connectivity index (χ3n) is 4.57.